The summed E-state index contributed by atoms with van der Waals surface area (Å²) < 4.78 is 0. The number of hydrogen-bond donors (Lipinski definition) is 1. The van der Waals surface area contributed by atoms with Crippen LogP contribution in [0.2, 0.25) is 5.02 Å². The summed E-state index contributed by atoms with van der Waals surface area (Å²) in [6.07, 6.45) is 0. The SMILES string of the molecule is Cc1csc(CNC(C)(C)C)c1Cl. The third kappa shape index (κ3) is 3.29. The molecule has 1 nitrogen and oxygen atoms in total. The van der Waals surface area contributed by atoms with Gasteiger partial charge in [-0.05, 0) is 38.6 Å². The van der Waals surface area contributed by atoms with Gasteiger partial charge >= 0.3 is 0 Å². The molecule has 1 aromatic rings. The topological polar surface area (TPSA) is 12.0 Å². The lowest BCUT2D eigenvalue weighted by atomic mass is 10.1. The molecule has 3 heteroatoms. The Kier molecular flexibility index (Phi) is 3.38. The van der Waals surface area contributed by atoms with Crippen LogP contribution < -0.4 is 5.32 Å². The number of rotatable bonds is 2. The van der Waals surface area contributed by atoms with Gasteiger partial charge in [0.2, 0.25) is 0 Å². The molecule has 1 aromatic heterocycles. The molecule has 1 rings (SSSR count). The van der Waals surface area contributed by atoms with Crippen molar-refractivity contribution in [1.82, 2.24) is 5.32 Å². The van der Waals surface area contributed by atoms with Gasteiger partial charge in [0.05, 0.1) is 5.02 Å². The summed E-state index contributed by atoms with van der Waals surface area (Å²) >= 11 is 7.83. The summed E-state index contributed by atoms with van der Waals surface area (Å²) in [5, 5.41) is 6.44. The molecular formula is C10H16ClNS. The average molecular weight is 218 g/mol. The Morgan fingerprint density at radius 1 is 1.46 bits per heavy atom. The smallest absolute Gasteiger partial charge is 0.0587 e. The van der Waals surface area contributed by atoms with E-state index in [4.69, 9.17) is 11.6 Å². The van der Waals surface area contributed by atoms with Gasteiger partial charge in [-0.25, -0.2) is 0 Å². The van der Waals surface area contributed by atoms with Crippen LogP contribution >= 0.6 is 22.9 Å². The number of hydrogen-bond acceptors (Lipinski definition) is 2. The molecule has 0 radical (unpaired) electrons. The molecule has 0 aliphatic carbocycles. The van der Waals surface area contributed by atoms with Crippen LogP contribution in [-0.4, -0.2) is 5.54 Å². The highest BCUT2D eigenvalue weighted by atomic mass is 35.5. The summed E-state index contributed by atoms with van der Waals surface area (Å²) in [7, 11) is 0. The van der Waals surface area contributed by atoms with E-state index in [0.29, 0.717) is 0 Å². The standard InChI is InChI=1S/C10H16ClNS/c1-7-6-13-8(9(7)11)5-12-10(2,3)4/h6,12H,5H2,1-4H3. The Balaban J connectivity index is 2.60. The quantitative estimate of drug-likeness (QED) is 0.799. The minimum atomic E-state index is 0.154. The van der Waals surface area contributed by atoms with E-state index in [2.05, 4.69) is 31.5 Å². The van der Waals surface area contributed by atoms with Gasteiger partial charge in [0, 0.05) is 17.0 Å². The van der Waals surface area contributed by atoms with Crippen LogP contribution in [-0.2, 0) is 6.54 Å². The zero-order chi connectivity index (χ0) is 10.1. The minimum Gasteiger partial charge on any atom is -0.307 e. The second-order valence-electron chi connectivity index (χ2n) is 4.26. The Hall–Kier alpha value is -0.0500. The molecule has 0 aromatic carbocycles. The van der Waals surface area contributed by atoms with Crippen LogP contribution in [0.3, 0.4) is 0 Å². The molecule has 0 spiro atoms. The molecule has 74 valence electrons. The first kappa shape index (κ1) is 11.0. The van der Waals surface area contributed by atoms with E-state index in [1.54, 1.807) is 11.3 Å². The normalized spacial score (nSPS) is 12.1. The van der Waals surface area contributed by atoms with Crippen LogP contribution in [0.15, 0.2) is 5.38 Å². The second-order valence-corrected chi connectivity index (χ2v) is 5.60. The predicted molar refractivity (Wildman–Crippen MR) is 60.7 cm³/mol. The van der Waals surface area contributed by atoms with E-state index in [1.165, 1.54) is 10.4 Å². The summed E-state index contributed by atoms with van der Waals surface area (Å²) in [6, 6.07) is 0. The molecule has 1 heterocycles. The summed E-state index contributed by atoms with van der Waals surface area (Å²) in [5.41, 5.74) is 1.33. The van der Waals surface area contributed by atoms with E-state index in [-0.39, 0.29) is 5.54 Å². The highest BCUT2D eigenvalue weighted by molar-refractivity contribution is 7.10. The van der Waals surface area contributed by atoms with Crippen molar-refractivity contribution in [1.29, 1.82) is 0 Å². The Morgan fingerprint density at radius 3 is 2.46 bits per heavy atom. The first-order valence-corrected chi connectivity index (χ1v) is 5.63. The summed E-state index contributed by atoms with van der Waals surface area (Å²) in [4.78, 5) is 1.23. The first-order chi connectivity index (χ1) is 5.90. The fraction of sp³-hybridized carbons (Fsp3) is 0.600. The van der Waals surface area contributed by atoms with Gasteiger partial charge in [-0.15, -0.1) is 11.3 Å². The second kappa shape index (κ2) is 3.99. The third-order valence-electron chi connectivity index (χ3n) is 1.75. The zero-order valence-electron chi connectivity index (χ0n) is 8.57. The highest BCUT2D eigenvalue weighted by Gasteiger charge is 2.11. The van der Waals surface area contributed by atoms with Crippen molar-refractivity contribution in [3.63, 3.8) is 0 Å². The van der Waals surface area contributed by atoms with Gasteiger partial charge in [0.1, 0.15) is 0 Å². The Morgan fingerprint density at radius 2 is 2.08 bits per heavy atom. The van der Waals surface area contributed by atoms with Gasteiger partial charge in [0.15, 0.2) is 0 Å². The van der Waals surface area contributed by atoms with Gasteiger partial charge in [-0.1, -0.05) is 11.6 Å². The maximum Gasteiger partial charge on any atom is 0.0587 e. The van der Waals surface area contributed by atoms with Gasteiger partial charge in [-0.2, -0.15) is 0 Å². The monoisotopic (exact) mass is 217 g/mol. The molecule has 13 heavy (non-hydrogen) atoms. The third-order valence-corrected chi connectivity index (χ3v) is 3.49. The van der Waals surface area contributed by atoms with Crippen LogP contribution in [0.25, 0.3) is 0 Å². The Labute approximate surface area is 89.1 Å². The van der Waals surface area contributed by atoms with Crippen molar-refractivity contribution in [2.45, 2.75) is 39.8 Å². The zero-order valence-corrected chi connectivity index (χ0v) is 10.1. The maximum atomic E-state index is 6.11. The minimum absolute atomic E-state index is 0.154. The molecule has 1 N–H and O–H groups in total. The molecule has 0 aliphatic rings. The van der Waals surface area contributed by atoms with Gasteiger partial charge in [-0.3, -0.25) is 0 Å². The van der Waals surface area contributed by atoms with Crippen LogP contribution in [0.1, 0.15) is 31.2 Å². The van der Waals surface area contributed by atoms with E-state index < -0.39 is 0 Å². The lowest BCUT2D eigenvalue weighted by Crippen LogP contribution is -2.34. The average Bonchev–Trinajstić information content (AvgIpc) is 2.29. The van der Waals surface area contributed by atoms with E-state index >= 15 is 0 Å². The molecule has 0 amide bonds. The number of thiophene rings is 1. The molecular weight excluding hydrogens is 202 g/mol. The molecule has 0 saturated heterocycles. The fourth-order valence-corrected chi connectivity index (χ4v) is 2.12. The van der Waals surface area contributed by atoms with Crippen molar-refractivity contribution in [3.05, 3.63) is 20.8 Å². The number of aryl methyl sites for hydroxylation is 1. The van der Waals surface area contributed by atoms with Crippen molar-refractivity contribution < 1.29 is 0 Å². The van der Waals surface area contributed by atoms with E-state index in [0.717, 1.165) is 11.6 Å². The first-order valence-electron chi connectivity index (χ1n) is 4.37. The van der Waals surface area contributed by atoms with Crippen molar-refractivity contribution in [3.8, 4) is 0 Å². The van der Waals surface area contributed by atoms with E-state index in [1.807, 2.05) is 6.92 Å². The summed E-state index contributed by atoms with van der Waals surface area (Å²) in [5.74, 6) is 0. The number of halogens is 1. The molecule has 0 unspecified atom stereocenters. The van der Waals surface area contributed by atoms with Crippen molar-refractivity contribution in [2.75, 3.05) is 0 Å². The predicted octanol–water partition coefficient (Wildman–Crippen LogP) is 3.60. The maximum absolute atomic E-state index is 6.11. The van der Waals surface area contributed by atoms with Gasteiger partial charge < -0.3 is 5.32 Å². The van der Waals surface area contributed by atoms with Crippen LogP contribution in [0.4, 0.5) is 0 Å². The largest absolute Gasteiger partial charge is 0.307 e. The van der Waals surface area contributed by atoms with Crippen molar-refractivity contribution in [2.24, 2.45) is 0 Å². The summed E-state index contributed by atoms with van der Waals surface area (Å²) in [6.45, 7) is 9.37. The molecule has 0 fully saturated rings. The van der Waals surface area contributed by atoms with Gasteiger partial charge in [0.25, 0.3) is 0 Å². The molecule has 0 saturated carbocycles. The lowest BCUT2D eigenvalue weighted by molar-refractivity contribution is 0.426. The Bertz CT molecular complexity index is 286. The lowest BCUT2D eigenvalue weighted by Gasteiger charge is -2.20. The highest BCUT2D eigenvalue weighted by Crippen LogP contribution is 2.27. The molecule has 0 atom stereocenters. The van der Waals surface area contributed by atoms with E-state index in [9.17, 15) is 0 Å². The van der Waals surface area contributed by atoms with Crippen molar-refractivity contribution >= 4 is 22.9 Å². The van der Waals surface area contributed by atoms with Crippen LogP contribution in [0.5, 0.6) is 0 Å². The molecule has 0 bridgehead atoms. The molecule has 0 aliphatic heterocycles. The fourth-order valence-electron chi connectivity index (χ4n) is 0.948. The van der Waals surface area contributed by atoms with Crippen LogP contribution in [0, 0.1) is 6.92 Å². The number of nitrogens with one attached hydrogen (secondary N) is 1.